The highest BCUT2D eigenvalue weighted by atomic mass is 15.1. The van der Waals surface area contributed by atoms with Crippen molar-refractivity contribution < 1.29 is 0 Å². The lowest BCUT2D eigenvalue weighted by atomic mass is 9.88. The Labute approximate surface area is 80.4 Å². The van der Waals surface area contributed by atoms with Gasteiger partial charge in [-0.25, -0.2) is 0 Å². The number of benzene rings is 1. The zero-order valence-electron chi connectivity index (χ0n) is 8.46. The van der Waals surface area contributed by atoms with Crippen LogP contribution in [0.3, 0.4) is 0 Å². The Balaban J connectivity index is 2.20. The van der Waals surface area contributed by atoms with Crippen molar-refractivity contribution in [3.63, 3.8) is 0 Å². The zero-order valence-corrected chi connectivity index (χ0v) is 8.46. The first kappa shape index (κ1) is 8.76. The summed E-state index contributed by atoms with van der Waals surface area (Å²) in [6.45, 7) is 0. The van der Waals surface area contributed by atoms with Crippen molar-refractivity contribution >= 4 is 0 Å². The molecule has 70 valence electrons. The van der Waals surface area contributed by atoms with Crippen LogP contribution in [0.1, 0.15) is 17.5 Å². The maximum atomic E-state index is 2.34. The maximum Gasteiger partial charge on any atom is 0.0133 e. The summed E-state index contributed by atoms with van der Waals surface area (Å²) in [7, 11) is 4.36. The van der Waals surface area contributed by atoms with E-state index in [4.69, 9.17) is 0 Å². The van der Waals surface area contributed by atoms with Crippen molar-refractivity contribution in [1.29, 1.82) is 0 Å². The molecule has 1 heteroatoms. The van der Waals surface area contributed by atoms with E-state index in [0.29, 0.717) is 0 Å². The van der Waals surface area contributed by atoms with Crippen LogP contribution in [0.5, 0.6) is 0 Å². The molecule has 1 aliphatic carbocycles. The average Bonchev–Trinajstić information content (AvgIpc) is 2.17. The molecule has 0 bridgehead atoms. The van der Waals surface area contributed by atoms with E-state index in [2.05, 4.69) is 43.3 Å². The van der Waals surface area contributed by atoms with Gasteiger partial charge in [0.15, 0.2) is 0 Å². The molecule has 2 rings (SSSR count). The standard InChI is InChI=1S/C12H17N/c1-13(2)12-8-7-10-5-3-4-6-11(10)9-12/h3-6,12H,7-9H2,1-2H3. The van der Waals surface area contributed by atoms with Crippen LogP contribution in [0.15, 0.2) is 24.3 Å². The smallest absolute Gasteiger partial charge is 0.0133 e. The molecule has 0 amide bonds. The minimum Gasteiger partial charge on any atom is -0.306 e. The maximum absolute atomic E-state index is 2.34. The number of hydrogen-bond donors (Lipinski definition) is 0. The highest BCUT2D eigenvalue weighted by Crippen LogP contribution is 2.22. The number of fused-ring (bicyclic) bond motifs is 1. The molecule has 0 N–H and O–H groups in total. The van der Waals surface area contributed by atoms with Gasteiger partial charge in [-0.2, -0.15) is 0 Å². The summed E-state index contributed by atoms with van der Waals surface area (Å²) in [6.07, 6.45) is 3.78. The number of rotatable bonds is 1. The molecule has 1 aliphatic rings. The Morgan fingerprint density at radius 3 is 2.54 bits per heavy atom. The lowest BCUT2D eigenvalue weighted by molar-refractivity contribution is 0.268. The van der Waals surface area contributed by atoms with E-state index in [-0.39, 0.29) is 0 Å². The van der Waals surface area contributed by atoms with Gasteiger partial charge in [-0.1, -0.05) is 24.3 Å². The molecule has 13 heavy (non-hydrogen) atoms. The third-order valence-corrected chi connectivity index (χ3v) is 3.05. The van der Waals surface area contributed by atoms with Crippen LogP contribution < -0.4 is 0 Å². The van der Waals surface area contributed by atoms with E-state index in [0.717, 1.165) is 6.04 Å². The fraction of sp³-hybridized carbons (Fsp3) is 0.500. The SMILES string of the molecule is CN(C)C1CCc2ccccc2C1. The Bertz CT molecular complexity index is 291. The Morgan fingerprint density at radius 1 is 1.15 bits per heavy atom. The van der Waals surface area contributed by atoms with Crippen molar-refractivity contribution in [2.24, 2.45) is 0 Å². The summed E-state index contributed by atoms with van der Waals surface area (Å²) in [5, 5.41) is 0. The molecule has 1 aromatic rings. The molecular formula is C12H17N. The molecule has 0 radical (unpaired) electrons. The quantitative estimate of drug-likeness (QED) is 0.632. The summed E-state index contributed by atoms with van der Waals surface area (Å²) in [6, 6.07) is 9.58. The molecule has 0 spiro atoms. The second kappa shape index (κ2) is 3.51. The second-order valence-corrected chi connectivity index (χ2v) is 4.13. The minimum absolute atomic E-state index is 0.745. The first-order valence-electron chi connectivity index (χ1n) is 5.00. The summed E-state index contributed by atoms with van der Waals surface area (Å²) >= 11 is 0. The number of nitrogens with zero attached hydrogens (tertiary/aromatic N) is 1. The van der Waals surface area contributed by atoms with Gasteiger partial charge in [0.1, 0.15) is 0 Å². The van der Waals surface area contributed by atoms with Crippen LogP contribution in [-0.2, 0) is 12.8 Å². The predicted molar refractivity (Wildman–Crippen MR) is 55.9 cm³/mol. The van der Waals surface area contributed by atoms with Crippen molar-refractivity contribution in [2.75, 3.05) is 14.1 Å². The fourth-order valence-corrected chi connectivity index (χ4v) is 2.12. The third-order valence-electron chi connectivity index (χ3n) is 3.05. The van der Waals surface area contributed by atoms with Crippen molar-refractivity contribution in [1.82, 2.24) is 4.90 Å². The third kappa shape index (κ3) is 1.75. The van der Waals surface area contributed by atoms with Gasteiger partial charge < -0.3 is 4.90 Å². The molecule has 0 aliphatic heterocycles. The second-order valence-electron chi connectivity index (χ2n) is 4.13. The summed E-state index contributed by atoms with van der Waals surface area (Å²) in [5.74, 6) is 0. The minimum atomic E-state index is 0.745. The van der Waals surface area contributed by atoms with Crippen molar-refractivity contribution in [2.45, 2.75) is 25.3 Å². The highest BCUT2D eigenvalue weighted by molar-refractivity contribution is 5.30. The van der Waals surface area contributed by atoms with Gasteiger partial charge in [0.25, 0.3) is 0 Å². The normalized spacial score (nSPS) is 21.6. The lowest BCUT2D eigenvalue weighted by Gasteiger charge is -2.29. The molecule has 0 saturated carbocycles. The highest BCUT2D eigenvalue weighted by Gasteiger charge is 2.18. The van der Waals surface area contributed by atoms with Gasteiger partial charge >= 0.3 is 0 Å². The van der Waals surface area contributed by atoms with E-state index in [9.17, 15) is 0 Å². The van der Waals surface area contributed by atoms with E-state index in [1.54, 1.807) is 11.1 Å². The van der Waals surface area contributed by atoms with Crippen LogP contribution in [0.25, 0.3) is 0 Å². The Hall–Kier alpha value is -0.820. The molecule has 1 atom stereocenters. The molecular weight excluding hydrogens is 158 g/mol. The first-order chi connectivity index (χ1) is 6.27. The number of likely N-dealkylation sites (N-methyl/N-ethyl adjacent to an activating group) is 1. The van der Waals surface area contributed by atoms with Gasteiger partial charge in [0.2, 0.25) is 0 Å². The van der Waals surface area contributed by atoms with Crippen molar-refractivity contribution in [3.05, 3.63) is 35.4 Å². The molecule has 0 aromatic heterocycles. The number of hydrogen-bond acceptors (Lipinski definition) is 1. The van der Waals surface area contributed by atoms with Gasteiger partial charge in [0, 0.05) is 6.04 Å². The van der Waals surface area contributed by atoms with Gasteiger partial charge in [-0.05, 0) is 44.5 Å². The monoisotopic (exact) mass is 175 g/mol. The Morgan fingerprint density at radius 2 is 1.85 bits per heavy atom. The molecule has 0 saturated heterocycles. The summed E-state index contributed by atoms with van der Waals surface area (Å²) < 4.78 is 0. The fourth-order valence-electron chi connectivity index (χ4n) is 2.12. The summed E-state index contributed by atoms with van der Waals surface area (Å²) in [5.41, 5.74) is 3.10. The molecule has 1 aromatic carbocycles. The predicted octanol–water partition coefficient (Wildman–Crippen LogP) is 2.11. The molecule has 1 unspecified atom stereocenters. The van der Waals surface area contributed by atoms with Crippen molar-refractivity contribution in [3.8, 4) is 0 Å². The van der Waals surface area contributed by atoms with E-state index in [1.165, 1.54) is 19.3 Å². The van der Waals surface area contributed by atoms with Crippen LogP contribution in [0, 0.1) is 0 Å². The molecule has 1 nitrogen and oxygen atoms in total. The van der Waals surface area contributed by atoms with Crippen LogP contribution in [0.2, 0.25) is 0 Å². The topological polar surface area (TPSA) is 3.24 Å². The van der Waals surface area contributed by atoms with Crippen LogP contribution in [0.4, 0.5) is 0 Å². The molecule has 0 heterocycles. The lowest BCUT2D eigenvalue weighted by Crippen LogP contribution is -2.33. The van der Waals surface area contributed by atoms with Gasteiger partial charge in [0.05, 0.1) is 0 Å². The van der Waals surface area contributed by atoms with Crippen LogP contribution in [-0.4, -0.2) is 25.0 Å². The zero-order chi connectivity index (χ0) is 9.26. The van der Waals surface area contributed by atoms with Gasteiger partial charge in [-0.3, -0.25) is 0 Å². The molecule has 0 fully saturated rings. The number of aryl methyl sites for hydroxylation is 1. The first-order valence-corrected chi connectivity index (χ1v) is 5.00. The van der Waals surface area contributed by atoms with Crippen LogP contribution >= 0.6 is 0 Å². The van der Waals surface area contributed by atoms with Gasteiger partial charge in [-0.15, -0.1) is 0 Å². The van der Waals surface area contributed by atoms with E-state index >= 15 is 0 Å². The van der Waals surface area contributed by atoms with E-state index < -0.39 is 0 Å². The largest absolute Gasteiger partial charge is 0.306 e. The summed E-state index contributed by atoms with van der Waals surface area (Å²) in [4.78, 5) is 2.34. The van der Waals surface area contributed by atoms with E-state index in [1.807, 2.05) is 0 Å². The Kier molecular flexibility index (Phi) is 2.36. The average molecular weight is 175 g/mol.